The number of carbonyl (C=O) groups excluding carboxylic acids is 2. The lowest BCUT2D eigenvalue weighted by atomic mass is 9.73. The Balaban J connectivity index is 1.83. The lowest BCUT2D eigenvalue weighted by Crippen LogP contribution is -2.39. The number of fused-ring (bicyclic) bond motifs is 5. The van der Waals surface area contributed by atoms with Gasteiger partial charge in [0.05, 0.1) is 35.8 Å². The van der Waals surface area contributed by atoms with Crippen LogP contribution in [0.3, 0.4) is 0 Å². The topological polar surface area (TPSA) is 55.8 Å². The molecule has 3 aliphatic rings. The van der Waals surface area contributed by atoms with Crippen LogP contribution in [0.1, 0.15) is 13.8 Å². The van der Waals surface area contributed by atoms with E-state index in [1.807, 2.05) is 32.1 Å². The van der Waals surface area contributed by atoms with Gasteiger partial charge in [-0.25, -0.2) is 4.90 Å². The Kier molecular flexibility index (Phi) is 2.45. The smallest absolute Gasteiger partial charge is 0.241 e. The Bertz CT molecular complexity index is 691. The molecule has 0 aliphatic carbocycles. The van der Waals surface area contributed by atoms with E-state index in [0.717, 1.165) is 0 Å². The molecule has 0 spiro atoms. The van der Waals surface area contributed by atoms with Crippen LogP contribution in [0.25, 0.3) is 0 Å². The highest BCUT2D eigenvalue weighted by Crippen LogP contribution is 2.57. The third kappa shape index (κ3) is 1.42. The van der Waals surface area contributed by atoms with Crippen LogP contribution in [-0.2, 0) is 14.3 Å². The summed E-state index contributed by atoms with van der Waals surface area (Å²) in [5, 5.41) is 0. The number of carbonyl (C=O) groups is 2. The Morgan fingerprint density at radius 2 is 1.59 bits per heavy atom. The largest absolute Gasteiger partial charge is 0.495 e. The summed E-state index contributed by atoms with van der Waals surface area (Å²) in [6, 6.07) is 7.08. The van der Waals surface area contributed by atoms with E-state index in [2.05, 4.69) is 0 Å². The molecule has 0 N–H and O–H groups in total. The Morgan fingerprint density at radius 1 is 1.05 bits per heavy atom. The number of anilines is 1. The maximum absolute atomic E-state index is 12.9. The SMILES string of the molecule is COc1ccccc1N1C(=O)[C@@H]2[C@H](C1=O)[C@@]1(C)C=C[C@]2(C)O1. The number of hydrogen-bond acceptors (Lipinski definition) is 4. The lowest BCUT2D eigenvalue weighted by molar-refractivity contribution is -0.128. The molecule has 1 aromatic carbocycles. The van der Waals surface area contributed by atoms with Gasteiger partial charge in [-0.2, -0.15) is 0 Å². The van der Waals surface area contributed by atoms with Crippen molar-refractivity contribution < 1.29 is 19.1 Å². The van der Waals surface area contributed by atoms with Crippen molar-refractivity contribution in [2.45, 2.75) is 25.0 Å². The molecule has 22 heavy (non-hydrogen) atoms. The van der Waals surface area contributed by atoms with Crippen molar-refractivity contribution in [3.63, 3.8) is 0 Å². The van der Waals surface area contributed by atoms with Gasteiger partial charge in [-0.1, -0.05) is 24.3 Å². The van der Waals surface area contributed by atoms with E-state index in [9.17, 15) is 9.59 Å². The van der Waals surface area contributed by atoms with Crippen LogP contribution in [0.5, 0.6) is 5.75 Å². The van der Waals surface area contributed by atoms with Gasteiger partial charge < -0.3 is 9.47 Å². The van der Waals surface area contributed by atoms with Gasteiger partial charge in [0.25, 0.3) is 0 Å². The first-order valence-electron chi connectivity index (χ1n) is 7.33. The molecule has 0 aromatic heterocycles. The molecule has 5 heteroatoms. The summed E-state index contributed by atoms with van der Waals surface area (Å²) in [5.41, 5.74) is -0.910. The molecule has 3 aliphatic heterocycles. The summed E-state index contributed by atoms with van der Waals surface area (Å²) >= 11 is 0. The Labute approximate surface area is 128 Å². The minimum absolute atomic E-state index is 0.213. The Morgan fingerprint density at radius 3 is 2.14 bits per heavy atom. The molecular formula is C17H17NO4. The number of nitrogens with zero attached hydrogens (tertiary/aromatic N) is 1. The number of benzene rings is 1. The van der Waals surface area contributed by atoms with Crippen LogP contribution in [0, 0.1) is 11.8 Å². The molecular weight excluding hydrogens is 282 g/mol. The zero-order chi connectivity index (χ0) is 15.7. The number of amides is 2. The van der Waals surface area contributed by atoms with Gasteiger partial charge in [-0.15, -0.1) is 0 Å². The number of ether oxygens (including phenoxy) is 2. The third-order valence-corrected chi connectivity index (χ3v) is 5.05. The van der Waals surface area contributed by atoms with Gasteiger partial charge in [0.2, 0.25) is 11.8 Å². The molecule has 3 heterocycles. The Hall–Kier alpha value is -2.14. The van der Waals surface area contributed by atoms with Gasteiger partial charge in [0, 0.05) is 0 Å². The van der Waals surface area contributed by atoms with Crippen molar-refractivity contribution in [1.82, 2.24) is 0 Å². The van der Waals surface area contributed by atoms with Crippen LogP contribution >= 0.6 is 0 Å². The normalized spacial score (nSPS) is 38.8. The van der Waals surface area contributed by atoms with Gasteiger partial charge in [0.1, 0.15) is 5.75 Å². The van der Waals surface area contributed by atoms with E-state index in [1.165, 1.54) is 12.0 Å². The van der Waals surface area contributed by atoms with Gasteiger partial charge in [-0.05, 0) is 26.0 Å². The number of hydrogen-bond donors (Lipinski definition) is 0. The highest BCUT2D eigenvalue weighted by atomic mass is 16.5. The van der Waals surface area contributed by atoms with E-state index in [4.69, 9.17) is 9.47 Å². The van der Waals surface area contributed by atoms with Gasteiger partial charge >= 0.3 is 0 Å². The summed E-state index contributed by atoms with van der Waals surface area (Å²) in [7, 11) is 1.53. The molecule has 2 saturated heterocycles. The third-order valence-electron chi connectivity index (χ3n) is 5.05. The fourth-order valence-electron chi connectivity index (χ4n) is 4.08. The van der Waals surface area contributed by atoms with E-state index in [-0.39, 0.29) is 11.8 Å². The van der Waals surface area contributed by atoms with Gasteiger partial charge in [0.15, 0.2) is 0 Å². The first kappa shape index (κ1) is 13.5. The molecule has 1 aromatic rings. The molecule has 5 nitrogen and oxygen atoms in total. The average Bonchev–Trinajstić information content (AvgIpc) is 3.04. The highest BCUT2D eigenvalue weighted by molar-refractivity contribution is 6.24. The number of rotatable bonds is 2. The first-order valence-corrected chi connectivity index (χ1v) is 7.33. The molecule has 2 bridgehead atoms. The van der Waals surface area contributed by atoms with Crippen LogP contribution in [0.15, 0.2) is 36.4 Å². The lowest BCUT2D eigenvalue weighted by Gasteiger charge is -2.26. The van der Waals surface area contributed by atoms with Crippen molar-refractivity contribution in [1.29, 1.82) is 0 Å². The molecule has 0 saturated carbocycles. The second-order valence-corrected chi connectivity index (χ2v) is 6.44. The highest BCUT2D eigenvalue weighted by Gasteiger charge is 2.70. The fraction of sp³-hybridized carbons (Fsp3) is 0.412. The summed E-state index contributed by atoms with van der Waals surface area (Å²) in [5.74, 6) is -0.856. The summed E-state index contributed by atoms with van der Waals surface area (Å²) in [4.78, 5) is 27.1. The van der Waals surface area contributed by atoms with Crippen molar-refractivity contribution in [2.24, 2.45) is 11.8 Å². The summed E-state index contributed by atoms with van der Waals surface area (Å²) in [6.07, 6.45) is 3.82. The van der Waals surface area contributed by atoms with Crippen molar-refractivity contribution in [2.75, 3.05) is 12.0 Å². The van der Waals surface area contributed by atoms with Crippen molar-refractivity contribution >= 4 is 17.5 Å². The second kappa shape index (κ2) is 3.98. The standard InChI is InChI=1S/C17H17NO4/c1-16-8-9-17(2,22-16)13-12(16)14(19)18(15(13)20)10-6-4-5-7-11(10)21-3/h4-9,12-13H,1-3H3/t12-,13+,16-,17+. The fourth-order valence-corrected chi connectivity index (χ4v) is 4.08. The predicted molar refractivity (Wildman–Crippen MR) is 79.5 cm³/mol. The summed E-state index contributed by atoms with van der Waals surface area (Å²) in [6.45, 7) is 3.74. The molecule has 2 amide bonds. The summed E-state index contributed by atoms with van der Waals surface area (Å²) < 4.78 is 11.3. The predicted octanol–water partition coefficient (Wildman–Crippen LogP) is 1.92. The number of imide groups is 1. The van der Waals surface area contributed by atoms with E-state index < -0.39 is 23.0 Å². The van der Waals surface area contributed by atoms with Crippen molar-refractivity contribution in [3.8, 4) is 5.75 Å². The molecule has 0 radical (unpaired) electrons. The maximum Gasteiger partial charge on any atom is 0.241 e. The maximum atomic E-state index is 12.9. The molecule has 4 atom stereocenters. The monoisotopic (exact) mass is 299 g/mol. The molecule has 114 valence electrons. The van der Waals surface area contributed by atoms with Crippen molar-refractivity contribution in [3.05, 3.63) is 36.4 Å². The second-order valence-electron chi connectivity index (χ2n) is 6.44. The van der Waals surface area contributed by atoms with E-state index in [0.29, 0.717) is 11.4 Å². The van der Waals surface area contributed by atoms with Crippen LogP contribution in [-0.4, -0.2) is 30.1 Å². The van der Waals surface area contributed by atoms with Gasteiger partial charge in [-0.3, -0.25) is 9.59 Å². The minimum atomic E-state index is -0.705. The van der Waals surface area contributed by atoms with Crippen LogP contribution < -0.4 is 9.64 Å². The molecule has 0 unspecified atom stereocenters. The molecule has 2 fully saturated rings. The zero-order valence-electron chi connectivity index (χ0n) is 12.7. The minimum Gasteiger partial charge on any atom is -0.495 e. The van der Waals surface area contributed by atoms with Crippen LogP contribution in [0.2, 0.25) is 0 Å². The first-order chi connectivity index (χ1) is 10.4. The van der Waals surface area contributed by atoms with E-state index in [1.54, 1.807) is 18.2 Å². The van der Waals surface area contributed by atoms with Crippen LogP contribution in [0.4, 0.5) is 5.69 Å². The number of para-hydroxylation sites is 2. The van der Waals surface area contributed by atoms with E-state index >= 15 is 0 Å². The average molecular weight is 299 g/mol. The molecule has 4 rings (SSSR count). The number of methoxy groups -OCH3 is 1. The zero-order valence-corrected chi connectivity index (χ0v) is 12.7. The quantitative estimate of drug-likeness (QED) is 0.618.